The molecule has 37 heavy (non-hydrogen) atoms. The van der Waals surface area contributed by atoms with Gasteiger partial charge in [0.05, 0.1) is 16.2 Å². The first-order valence-corrected chi connectivity index (χ1v) is 14.7. The summed E-state index contributed by atoms with van der Waals surface area (Å²) in [7, 11) is 0. The number of aliphatic hydroxyl groups excluding tert-OH is 2. The van der Waals surface area contributed by atoms with E-state index in [2.05, 4.69) is 41.8 Å². The molecule has 0 radical (unpaired) electrons. The van der Waals surface area contributed by atoms with Crippen LogP contribution in [0, 0.1) is 26.7 Å². The summed E-state index contributed by atoms with van der Waals surface area (Å²) in [5, 5.41) is 23.6. The lowest BCUT2D eigenvalue weighted by Gasteiger charge is -2.61. The van der Waals surface area contributed by atoms with Gasteiger partial charge in [0.25, 0.3) is 0 Å². The molecule has 7 nitrogen and oxygen atoms in total. The quantitative estimate of drug-likeness (QED) is 0.343. The van der Waals surface area contributed by atoms with Crippen molar-refractivity contribution in [3.63, 3.8) is 0 Å². The first-order chi connectivity index (χ1) is 17.7. The van der Waals surface area contributed by atoms with Crippen molar-refractivity contribution in [2.45, 2.75) is 77.5 Å². The summed E-state index contributed by atoms with van der Waals surface area (Å²) >= 11 is 2.19. The van der Waals surface area contributed by atoms with E-state index in [-0.39, 0.29) is 31.4 Å². The summed E-state index contributed by atoms with van der Waals surface area (Å²) in [5.74, 6) is 2.08. The number of aliphatic hydroxyl groups is 2. The largest absolute Gasteiger partial charge is 0.482 e. The maximum atomic E-state index is 13.5. The highest BCUT2D eigenvalue weighted by Crippen LogP contribution is 2.61. The number of fused-ring (bicyclic) bond motifs is 2. The summed E-state index contributed by atoms with van der Waals surface area (Å²) < 4.78 is 7.15. The van der Waals surface area contributed by atoms with E-state index in [1.54, 1.807) is 6.08 Å². The van der Waals surface area contributed by atoms with E-state index in [0.29, 0.717) is 41.5 Å². The van der Waals surface area contributed by atoms with Crippen molar-refractivity contribution in [3.05, 3.63) is 39.5 Å². The van der Waals surface area contributed by atoms with E-state index < -0.39 is 18.2 Å². The van der Waals surface area contributed by atoms with Gasteiger partial charge in [-0.1, -0.05) is 32.9 Å². The van der Waals surface area contributed by atoms with Crippen molar-refractivity contribution in [3.8, 4) is 5.75 Å². The molecule has 4 aliphatic rings. The summed E-state index contributed by atoms with van der Waals surface area (Å²) in [5.41, 5.74) is 0.764. The van der Waals surface area contributed by atoms with Gasteiger partial charge in [-0.05, 0) is 89.7 Å². The molecule has 0 aliphatic heterocycles. The second kappa shape index (κ2) is 12.0. The highest BCUT2D eigenvalue weighted by atomic mass is 127. The number of hydrogen-bond donors (Lipinski definition) is 3. The standard InChI is InChI=1S/C29H41IN2O5/c1-4-7-26(34)32(17-18-10-11-20-16-21(18)29(20,2)3)23-14-19(28(36)31-12-13-33)15-25(27(23)35)37-24-9-6-5-8-22(24)30/h5-6,8-9,15,18,20-21,23,25,27,33,35H,4,7,10-14,16-17H2,1-3H3,(H,31,36). The van der Waals surface area contributed by atoms with Gasteiger partial charge in [0.15, 0.2) is 0 Å². The molecule has 3 saturated carbocycles. The molecule has 0 spiro atoms. The van der Waals surface area contributed by atoms with E-state index in [1.165, 1.54) is 12.8 Å². The molecule has 5 rings (SSSR count). The summed E-state index contributed by atoms with van der Waals surface area (Å²) in [4.78, 5) is 28.4. The minimum Gasteiger partial charge on any atom is -0.482 e. The molecule has 0 aromatic heterocycles. The van der Waals surface area contributed by atoms with Crippen LogP contribution in [0.3, 0.4) is 0 Å². The van der Waals surface area contributed by atoms with Crippen LogP contribution in [0.4, 0.5) is 0 Å². The van der Waals surface area contributed by atoms with Crippen molar-refractivity contribution in [1.82, 2.24) is 10.2 Å². The van der Waals surface area contributed by atoms with Crippen LogP contribution in [-0.2, 0) is 9.59 Å². The number of carbonyl (C=O) groups excluding carboxylic acids is 2. The number of para-hydroxylation sites is 1. The van der Waals surface area contributed by atoms with Crippen LogP contribution in [0.5, 0.6) is 5.75 Å². The zero-order valence-corrected chi connectivity index (χ0v) is 24.3. The van der Waals surface area contributed by atoms with Crippen molar-refractivity contribution in [2.75, 3.05) is 19.7 Å². The van der Waals surface area contributed by atoms with Gasteiger partial charge in [-0.15, -0.1) is 0 Å². The van der Waals surface area contributed by atoms with E-state index in [9.17, 15) is 19.8 Å². The molecule has 3 N–H and O–H groups in total. The van der Waals surface area contributed by atoms with Crippen molar-refractivity contribution in [2.24, 2.45) is 23.2 Å². The highest BCUT2D eigenvalue weighted by molar-refractivity contribution is 14.1. The molecule has 0 saturated heterocycles. The maximum absolute atomic E-state index is 13.5. The lowest BCUT2D eigenvalue weighted by atomic mass is 9.45. The average Bonchev–Trinajstić information content (AvgIpc) is 2.88. The first kappa shape index (κ1) is 28.4. The fourth-order valence-electron chi connectivity index (χ4n) is 6.68. The SMILES string of the molecule is CCCC(=O)N(CC1CCC2CC1C2(C)C)C1CC(C(=O)NCCO)=CC(Oc2ccccc2I)C1O. The van der Waals surface area contributed by atoms with Gasteiger partial charge < -0.3 is 25.2 Å². The number of nitrogens with one attached hydrogen (secondary N) is 1. The fourth-order valence-corrected chi connectivity index (χ4v) is 7.19. The Morgan fingerprint density at radius 2 is 2.00 bits per heavy atom. The third kappa shape index (κ3) is 6.01. The molecule has 1 aromatic carbocycles. The molecule has 6 atom stereocenters. The number of halogens is 1. The third-order valence-corrected chi connectivity index (χ3v) is 9.82. The molecule has 6 unspecified atom stereocenters. The Morgan fingerprint density at radius 3 is 2.65 bits per heavy atom. The Kier molecular flexibility index (Phi) is 9.22. The van der Waals surface area contributed by atoms with Gasteiger partial charge in [0.1, 0.15) is 18.0 Å². The maximum Gasteiger partial charge on any atom is 0.247 e. The van der Waals surface area contributed by atoms with E-state index in [1.807, 2.05) is 36.1 Å². The van der Waals surface area contributed by atoms with Crippen LogP contribution < -0.4 is 10.1 Å². The van der Waals surface area contributed by atoms with Crippen LogP contribution in [-0.4, -0.2) is 64.9 Å². The lowest BCUT2D eigenvalue weighted by Crippen LogP contribution is -2.59. The Balaban J connectivity index is 1.63. The number of benzene rings is 1. The van der Waals surface area contributed by atoms with E-state index in [0.717, 1.165) is 22.3 Å². The topological polar surface area (TPSA) is 99.1 Å². The van der Waals surface area contributed by atoms with E-state index >= 15 is 0 Å². The third-order valence-electron chi connectivity index (χ3n) is 8.93. The summed E-state index contributed by atoms with van der Waals surface area (Å²) in [6.07, 6.45) is 4.81. The van der Waals surface area contributed by atoms with Crippen LogP contribution in [0.1, 0.15) is 59.3 Å². The van der Waals surface area contributed by atoms with E-state index in [4.69, 9.17) is 4.74 Å². The normalized spacial score (nSPS) is 30.1. The predicted molar refractivity (Wildman–Crippen MR) is 151 cm³/mol. The van der Waals surface area contributed by atoms with Crippen LogP contribution in [0.2, 0.25) is 0 Å². The Hall–Kier alpha value is -1.65. The van der Waals surface area contributed by atoms with Gasteiger partial charge in [0, 0.05) is 31.5 Å². The Bertz CT molecular complexity index is 1010. The van der Waals surface area contributed by atoms with Crippen molar-refractivity contribution < 1.29 is 24.5 Å². The molecule has 2 bridgehead atoms. The van der Waals surface area contributed by atoms with Crippen molar-refractivity contribution >= 4 is 34.4 Å². The van der Waals surface area contributed by atoms with Crippen LogP contribution in [0.15, 0.2) is 35.9 Å². The molecule has 8 heteroatoms. The summed E-state index contributed by atoms with van der Waals surface area (Å²) in [6, 6.07) is 6.99. The second-order valence-electron chi connectivity index (χ2n) is 11.4. The zero-order chi connectivity index (χ0) is 26.7. The molecule has 3 fully saturated rings. The number of nitrogens with zero attached hydrogens (tertiary/aromatic N) is 1. The summed E-state index contributed by atoms with van der Waals surface area (Å²) in [6.45, 7) is 7.28. The van der Waals surface area contributed by atoms with Crippen LogP contribution in [0.25, 0.3) is 0 Å². The van der Waals surface area contributed by atoms with Gasteiger partial charge in [-0.2, -0.15) is 0 Å². The second-order valence-corrected chi connectivity index (χ2v) is 12.6. The molecule has 0 heterocycles. The minimum atomic E-state index is -0.975. The number of hydrogen-bond acceptors (Lipinski definition) is 5. The fraction of sp³-hybridized carbons (Fsp3) is 0.655. The molecule has 1 aromatic rings. The number of amides is 2. The van der Waals surface area contributed by atoms with Gasteiger partial charge in [-0.3, -0.25) is 9.59 Å². The number of ether oxygens (including phenoxy) is 1. The Morgan fingerprint density at radius 1 is 1.24 bits per heavy atom. The molecule has 204 valence electrons. The average molecular weight is 625 g/mol. The van der Waals surface area contributed by atoms with Gasteiger partial charge in [0.2, 0.25) is 11.8 Å². The molecular weight excluding hydrogens is 583 g/mol. The molecule has 4 aliphatic carbocycles. The number of carbonyl (C=O) groups is 2. The van der Waals surface area contributed by atoms with Crippen molar-refractivity contribution in [1.29, 1.82) is 0 Å². The highest BCUT2D eigenvalue weighted by Gasteiger charge is 2.55. The lowest BCUT2D eigenvalue weighted by molar-refractivity contribution is -0.148. The Labute approximate surface area is 234 Å². The molecular formula is C29H41IN2O5. The first-order valence-electron chi connectivity index (χ1n) is 13.7. The smallest absolute Gasteiger partial charge is 0.247 e. The monoisotopic (exact) mass is 624 g/mol. The molecule has 2 amide bonds. The van der Waals surface area contributed by atoms with Gasteiger partial charge >= 0.3 is 0 Å². The predicted octanol–water partition coefficient (Wildman–Crippen LogP) is 3.91. The van der Waals surface area contributed by atoms with Gasteiger partial charge in [-0.25, -0.2) is 0 Å². The minimum absolute atomic E-state index is 0.0239. The van der Waals surface area contributed by atoms with Crippen LogP contribution >= 0.6 is 22.6 Å². The zero-order valence-electron chi connectivity index (χ0n) is 22.2. The number of rotatable bonds is 10.